The molecule has 37 heavy (non-hydrogen) atoms. The highest BCUT2D eigenvalue weighted by molar-refractivity contribution is 7.09. The number of fused-ring (bicyclic) bond motifs is 1. The predicted molar refractivity (Wildman–Crippen MR) is 145 cm³/mol. The number of rotatable bonds is 10. The fourth-order valence-electron chi connectivity index (χ4n) is 3.92. The zero-order valence-corrected chi connectivity index (χ0v) is 21.7. The van der Waals surface area contributed by atoms with Crippen molar-refractivity contribution in [2.75, 3.05) is 11.9 Å². The number of aliphatic hydroxyl groups is 1. The summed E-state index contributed by atoms with van der Waals surface area (Å²) in [6, 6.07) is 11.8. The first kappa shape index (κ1) is 24.7. The molecule has 190 valence electrons. The van der Waals surface area contributed by atoms with E-state index in [0.717, 1.165) is 27.8 Å². The van der Waals surface area contributed by atoms with Crippen LogP contribution in [0, 0.1) is 0 Å². The van der Waals surface area contributed by atoms with Gasteiger partial charge in [-0.25, -0.2) is 19.9 Å². The molecule has 0 radical (unpaired) electrons. The van der Waals surface area contributed by atoms with Crippen LogP contribution >= 0.6 is 11.3 Å². The smallest absolute Gasteiger partial charge is 0.163 e. The fraction of sp³-hybridized carbons (Fsp3) is 0.259. The maximum absolute atomic E-state index is 9.39. The predicted octanol–water partition coefficient (Wildman–Crippen LogP) is 5.42. The van der Waals surface area contributed by atoms with Crippen LogP contribution in [0.15, 0.2) is 60.5 Å². The fourth-order valence-corrected chi connectivity index (χ4v) is 4.58. The number of hydrogen-bond acceptors (Lipinski definition) is 9. The molecule has 3 aromatic heterocycles. The van der Waals surface area contributed by atoms with Crippen molar-refractivity contribution in [3.8, 4) is 22.8 Å². The lowest BCUT2D eigenvalue weighted by atomic mass is 10.1. The summed E-state index contributed by atoms with van der Waals surface area (Å²) in [7, 11) is 0. The highest BCUT2D eigenvalue weighted by atomic mass is 32.1. The molecule has 2 N–H and O–H groups in total. The quantitative estimate of drug-likeness (QED) is 0.253. The lowest BCUT2D eigenvalue weighted by Gasteiger charge is -2.17. The third-order valence-electron chi connectivity index (χ3n) is 5.46. The Balaban J connectivity index is 1.58. The Morgan fingerprint density at radius 1 is 1.11 bits per heavy atom. The van der Waals surface area contributed by atoms with Crippen LogP contribution in [0.5, 0.6) is 11.5 Å². The number of nitrogens with one attached hydrogen (secondary N) is 1. The highest BCUT2D eigenvalue weighted by Gasteiger charge is 2.16. The Morgan fingerprint density at radius 3 is 2.73 bits per heavy atom. The number of hydrogen-bond donors (Lipinski definition) is 2. The van der Waals surface area contributed by atoms with Crippen LogP contribution in [-0.4, -0.2) is 42.3 Å². The molecule has 10 heteroatoms. The van der Waals surface area contributed by atoms with E-state index in [2.05, 4.69) is 15.3 Å². The number of benzene rings is 2. The van der Waals surface area contributed by atoms with E-state index in [9.17, 15) is 5.11 Å². The minimum absolute atomic E-state index is 0.0127. The van der Waals surface area contributed by atoms with Crippen LogP contribution in [0.4, 0.5) is 11.5 Å². The van der Waals surface area contributed by atoms with Gasteiger partial charge in [-0.3, -0.25) is 0 Å². The first-order valence-electron chi connectivity index (χ1n) is 12.0. The molecule has 0 aliphatic carbocycles. The lowest BCUT2D eigenvalue weighted by molar-refractivity contribution is 0.224. The monoisotopic (exact) mass is 516 g/mol. The van der Waals surface area contributed by atoms with Gasteiger partial charge in [0.1, 0.15) is 10.8 Å². The molecule has 2 aromatic carbocycles. The third kappa shape index (κ3) is 5.71. The second kappa shape index (κ2) is 10.9. The molecule has 0 saturated heterocycles. The van der Waals surface area contributed by atoms with Crippen molar-refractivity contribution < 1.29 is 14.6 Å². The van der Waals surface area contributed by atoms with Crippen LogP contribution in [0.25, 0.3) is 22.2 Å². The number of nitrogens with zero attached hydrogens (tertiary/aromatic N) is 5. The van der Waals surface area contributed by atoms with Gasteiger partial charge in [-0.2, -0.15) is 0 Å². The number of imidazole rings is 1. The van der Waals surface area contributed by atoms with Gasteiger partial charge in [-0.1, -0.05) is 12.1 Å². The van der Waals surface area contributed by atoms with Crippen molar-refractivity contribution in [2.45, 2.75) is 40.0 Å². The van der Waals surface area contributed by atoms with E-state index in [4.69, 9.17) is 19.4 Å². The van der Waals surface area contributed by atoms with E-state index >= 15 is 0 Å². The largest absolute Gasteiger partial charge is 0.490 e. The summed E-state index contributed by atoms with van der Waals surface area (Å²) in [5, 5.41) is 16.3. The minimum Gasteiger partial charge on any atom is -0.490 e. The number of aromatic nitrogens is 5. The van der Waals surface area contributed by atoms with Crippen LogP contribution in [0.3, 0.4) is 0 Å². The standard InChI is InChI=1S/C27H28N6O3S/c1-4-35-23-11-20-21(12-24(23)36-17(2)3)30-25(13-33-9-8-28-16-33)32-27(20)29-19-7-5-6-18(10-19)22-15-37-26(14-34)31-22/h5-12,15-17,34H,4,13-14H2,1-3H3,(H,29,30,32). The molecule has 0 bridgehead atoms. The molecule has 0 spiro atoms. The minimum atomic E-state index is -0.0695. The first-order chi connectivity index (χ1) is 18.0. The van der Waals surface area contributed by atoms with Gasteiger partial charge in [-0.05, 0) is 39.0 Å². The summed E-state index contributed by atoms with van der Waals surface area (Å²) < 4.78 is 13.9. The van der Waals surface area contributed by atoms with Gasteiger partial charge in [0.05, 0.1) is 43.4 Å². The van der Waals surface area contributed by atoms with Crippen LogP contribution < -0.4 is 14.8 Å². The average molecular weight is 517 g/mol. The molecule has 0 aliphatic heterocycles. The van der Waals surface area contributed by atoms with Crippen LogP contribution in [-0.2, 0) is 13.2 Å². The number of aliphatic hydroxyl groups excluding tert-OH is 1. The number of thiazole rings is 1. The van der Waals surface area contributed by atoms with E-state index in [0.29, 0.717) is 41.3 Å². The highest BCUT2D eigenvalue weighted by Crippen LogP contribution is 2.36. The van der Waals surface area contributed by atoms with Crippen molar-refractivity contribution in [1.82, 2.24) is 24.5 Å². The van der Waals surface area contributed by atoms with E-state index in [1.165, 1.54) is 11.3 Å². The summed E-state index contributed by atoms with van der Waals surface area (Å²) in [6.45, 7) is 6.82. The molecular formula is C27H28N6O3S. The van der Waals surface area contributed by atoms with Gasteiger partial charge >= 0.3 is 0 Å². The van der Waals surface area contributed by atoms with E-state index in [1.807, 2.05) is 73.3 Å². The zero-order chi connectivity index (χ0) is 25.8. The topological polar surface area (TPSA) is 107 Å². The SMILES string of the molecule is CCOc1cc2c(Nc3cccc(-c4csc(CO)n4)c3)nc(Cn3ccnc3)nc2cc1OC(C)C. The van der Waals surface area contributed by atoms with E-state index in [1.54, 1.807) is 12.5 Å². The Labute approximate surface area is 218 Å². The Bertz CT molecular complexity index is 1500. The summed E-state index contributed by atoms with van der Waals surface area (Å²) in [4.78, 5) is 18.3. The van der Waals surface area contributed by atoms with Gasteiger partial charge in [0.15, 0.2) is 17.3 Å². The van der Waals surface area contributed by atoms with Crippen LogP contribution in [0.2, 0.25) is 0 Å². The Morgan fingerprint density at radius 2 is 2.00 bits per heavy atom. The first-order valence-corrected chi connectivity index (χ1v) is 12.9. The Kier molecular flexibility index (Phi) is 7.29. The molecule has 0 aliphatic rings. The molecular weight excluding hydrogens is 488 g/mol. The van der Waals surface area contributed by atoms with Crippen molar-refractivity contribution in [2.24, 2.45) is 0 Å². The summed E-state index contributed by atoms with van der Waals surface area (Å²) in [5.74, 6) is 2.58. The van der Waals surface area contributed by atoms with Crippen molar-refractivity contribution in [3.05, 3.63) is 71.3 Å². The normalized spacial score (nSPS) is 11.3. The van der Waals surface area contributed by atoms with Crippen molar-refractivity contribution >= 4 is 33.7 Å². The van der Waals surface area contributed by atoms with Gasteiger partial charge < -0.3 is 24.5 Å². The second-order valence-corrected chi connectivity index (χ2v) is 9.57. The molecule has 3 heterocycles. The average Bonchev–Trinajstić information content (AvgIpc) is 3.57. The molecule has 0 unspecified atom stereocenters. The van der Waals surface area contributed by atoms with Crippen molar-refractivity contribution in [1.29, 1.82) is 0 Å². The maximum atomic E-state index is 9.39. The van der Waals surface area contributed by atoms with Gasteiger partial charge in [0, 0.05) is 40.5 Å². The third-order valence-corrected chi connectivity index (χ3v) is 6.29. The van der Waals surface area contributed by atoms with Gasteiger partial charge in [0.2, 0.25) is 0 Å². The van der Waals surface area contributed by atoms with Gasteiger partial charge in [-0.15, -0.1) is 11.3 Å². The molecule has 5 aromatic rings. The molecule has 5 rings (SSSR count). The lowest BCUT2D eigenvalue weighted by Crippen LogP contribution is -2.09. The molecule has 9 nitrogen and oxygen atoms in total. The molecule has 0 atom stereocenters. The molecule has 0 fully saturated rings. The summed E-state index contributed by atoms with van der Waals surface area (Å²) in [6.07, 6.45) is 5.34. The van der Waals surface area contributed by atoms with E-state index < -0.39 is 0 Å². The van der Waals surface area contributed by atoms with Crippen molar-refractivity contribution in [3.63, 3.8) is 0 Å². The maximum Gasteiger partial charge on any atom is 0.163 e. The van der Waals surface area contributed by atoms with E-state index in [-0.39, 0.29) is 12.7 Å². The second-order valence-electron chi connectivity index (χ2n) is 8.63. The zero-order valence-electron chi connectivity index (χ0n) is 20.9. The van der Waals surface area contributed by atoms with Crippen LogP contribution in [0.1, 0.15) is 31.6 Å². The molecule has 0 amide bonds. The Hall–Kier alpha value is -4.02. The summed E-state index contributed by atoms with van der Waals surface area (Å²) in [5.41, 5.74) is 3.36. The number of anilines is 2. The molecule has 0 saturated carbocycles. The number of ether oxygens (including phenoxy) is 2. The summed E-state index contributed by atoms with van der Waals surface area (Å²) >= 11 is 1.44. The van der Waals surface area contributed by atoms with Gasteiger partial charge in [0.25, 0.3) is 0 Å².